The minimum atomic E-state index is 0.00954. The zero-order valence-corrected chi connectivity index (χ0v) is 36.6. The Morgan fingerprint density at radius 3 is 2.33 bits per heavy atom. The number of fused-ring (bicyclic) bond motifs is 1. The molecule has 1 heterocycles. The van der Waals surface area contributed by atoms with Crippen LogP contribution in [-0.4, -0.2) is 13.3 Å². The third-order valence-electron chi connectivity index (χ3n) is 12.5. The van der Waals surface area contributed by atoms with Gasteiger partial charge in [0.2, 0.25) is 7.28 Å². The summed E-state index contributed by atoms with van der Waals surface area (Å²) >= 11 is 0. The average Bonchev–Trinajstić information content (AvgIpc) is 3.57. The van der Waals surface area contributed by atoms with Crippen LogP contribution in [0, 0.1) is 30.6 Å². The van der Waals surface area contributed by atoms with Gasteiger partial charge in [-0.3, -0.25) is 0 Å². The fourth-order valence-electron chi connectivity index (χ4n) is 8.30. The summed E-state index contributed by atoms with van der Waals surface area (Å²) in [5, 5.41) is 3.83. The van der Waals surface area contributed by atoms with Gasteiger partial charge in [0.25, 0.3) is 0 Å². The van der Waals surface area contributed by atoms with Crippen molar-refractivity contribution in [1.82, 2.24) is 5.32 Å². The molecular weight excluding hydrogens is 667 g/mol. The van der Waals surface area contributed by atoms with Crippen molar-refractivity contribution in [1.29, 1.82) is 0 Å². The van der Waals surface area contributed by atoms with E-state index in [9.17, 15) is 0 Å². The molecule has 3 aliphatic rings. The summed E-state index contributed by atoms with van der Waals surface area (Å²) in [7, 11) is 2.18. The lowest BCUT2D eigenvalue weighted by molar-refractivity contribution is 0.282. The van der Waals surface area contributed by atoms with E-state index >= 15 is 0 Å². The van der Waals surface area contributed by atoms with E-state index in [-0.39, 0.29) is 22.3 Å². The van der Waals surface area contributed by atoms with Crippen LogP contribution in [0.4, 0.5) is 5.69 Å². The topological polar surface area (TPSA) is 28.4 Å². The molecular formula is C51H70BN2O. The molecule has 0 aliphatic heterocycles. The van der Waals surface area contributed by atoms with Crippen LogP contribution in [0.15, 0.2) is 125 Å². The van der Waals surface area contributed by atoms with E-state index in [1.54, 1.807) is 0 Å². The van der Waals surface area contributed by atoms with E-state index in [0.29, 0.717) is 23.7 Å². The van der Waals surface area contributed by atoms with Crippen molar-refractivity contribution >= 4 is 18.6 Å². The molecule has 1 N–H and O–H groups in total. The number of hydrogen-bond donors (Lipinski definition) is 1. The molecule has 1 fully saturated rings. The highest BCUT2D eigenvalue weighted by Gasteiger charge is 2.40. The summed E-state index contributed by atoms with van der Waals surface area (Å²) in [6, 6.07) is 9.40. The first-order valence-corrected chi connectivity index (χ1v) is 20.9. The molecule has 4 unspecified atom stereocenters. The molecule has 5 rings (SSSR count). The average molecular weight is 738 g/mol. The standard InChI is InChI=1S/C51H70BN2O/c1-16-17-41(53-45-22-20-39(33(2)3)28-36(45)6)24-27-54(46-23-21-40(29-37(46)7)49(9,10)11)42(30-43-35(5)19-18-34(4)38(43)8)32-52-47-31-44-48(55-47)51(14,15)26-25-50(44,12)13/h16-17,20-24,27-36,45,53H,1,8,18-19,25-26H2,2-7,9-15H3/b27-24+,41-17+,42-32-,43-30-. The Morgan fingerprint density at radius 2 is 1.71 bits per heavy atom. The molecule has 4 atom stereocenters. The largest absolute Gasteiger partial charge is 0.476 e. The molecule has 1 radical (unpaired) electrons. The smallest absolute Gasteiger partial charge is 0.233 e. The summed E-state index contributed by atoms with van der Waals surface area (Å²) in [6.07, 6.45) is 22.4. The van der Waals surface area contributed by atoms with Crippen LogP contribution >= 0.6 is 0 Å². The van der Waals surface area contributed by atoms with Gasteiger partial charge in [0.15, 0.2) is 0 Å². The van der Waals surface area contributed by atoms with E-state index in [0.717, 1.165) is 47.8 Å². The van der Waals surface area contributed by atoms with Crippen LogP contribution in [0.25, 0.3) is 0 Å². The Labute approximate surface area is 336 Å². The molecule has 2 aromatic rings. The molecule has 0 saturated heterocycles. The van der Waals surface area contributed by atoms with Crippen molar-refractivity contribution in [3.8, 4) is 0 Å². The predicted molar refractivity (Wildman–Crippen MR) is 240 cm³/mol. The molecule has 0 bridgehead atoms. The molecule has 3 aliphatic carbocycles. The Bertz CT molecular complexity index is 1900. The van der Waals surface area contributed by atoms with Gasteiger partial charge in [-0.15, -0.1) is 0 Å². The van der Waals surface area contributed by atoms with Crippen LogP contribution in [0.2, 0.25) is 0 Å². The first kappa shape index (κ1) is 42.2. The van der Waals surface area contributed by atoms with Crippen LogP contribution < -0.4 is 15.9 Å². The Kier molecular flexibility index (Phi) is 12.8. The molecule has 4 heteroatoms. The van der Waals surface area contributed by atoms with Crippen molar-refractivity contribution < 1.29 is 4.42 Å². The summed E-state index contributed by atoms with van der Waals surface area (Å²) < 4.78 is 6.75. The monoisotopic (exact) mass is 738 g/mol. The van der Waals surface area contributed by atoms with Crippen molar-refractivity contribution in [3.05, 3.63) is 143 Å². The van der Waals surface area contributed by atoms with Gasteiger partial charge in [0.05, 0.1) is 11.7 Å². The first-order valence-electron chi connectivity index (χ1n) is 20.9. The molecule has 0 amide bonds. The Balaban J connectivity index is 1.65. The number of hydrogen-bond acceptors (Lipinski definition) is 3. The third-order valence-corrected chi connectivity index (χ3v) is 12.5. The maximum atomic E-state index is 6.75. The predicted octanol–water partition coefficient (Wildman–Crippen LogP) is 12.8. The van der Waals surface area contributed by atoms with E-state index in [2.05, 4.69) is 194 Å². The zero-order chi connectivity index (χ0) is 40.5. The van der Waals surface area contributed by atoms with Gasteiger partial charge >= 0.3 is 0 Å². The molecule has 55 heavy (non-hydrogen) atoms. The van der Waals surface area contributed by atoms with Crippen molar-refractivity contribution in [3.63, 3.8) is 0 Å². The summed E-state index contributed by atoms with van der Waals surface area (Å²) in [5.74, 6) is 5.12. The molecule has 1 aromatic heterocycles. The summed E-state index contributed by atoms with van der Waals surface area (Å²) in [4.78, 5) is 2.36. The Morgan fingerprint density at radius 1 is 1.02 bits per heavy atom. The number of nitrogens with one attached hydrogen (secondary N) is 1. The second-order valence-electron chi connectivity index (χ2n) is 19.4. The van der Waals surface area contributed by atoms with Crippen molar-refractivity contribution in [2.45, 2.75) is 138 Å². The second-order valence-corrected chi connectivity index (χ2v) is 19.4. The molecule has 1 saturated carbocycles. The Hall–Kier alpha value is -3.92. The molecule has 1 aromatic carbocycles. The molecule has 0 spiro atoms. The lowest BCUT2D eigenvalue weighted by Crippen LogP contribution is -2.33. The lowest BCUT2D eigenvalue weighted by atomic mass is 9.66. The van der Waals surface area contributed by atoms with Crippen LogP contribution in [0.1, 0.15) is 131 Å². The number of furan rings is 1. The zero-order valence-electron chi connectivity index (χ0n) is 36.6. The van der Waals surface area contributed by atoms with Crippen LogP contribution in [0.3, 0.4) is 0 Å². The second kappa shape index (κ2) is 16.7. The van der Waals surface area contributed by atoms with Gasteiger partial charge in [-0.25, -0.2) is 0 Å². The van der Waals surface area contributed by atoms with Gasteiger partial charge in [-0.2, -0.15) is 0 Å². The maximum Gasteiger partial charge on any atom is 0.233 e. The number of anilines is 1. The molecule has 3 nitrogen and oxygen atoms in total. The first-order chi connectivity index (χ1) is 25.7. The minimum absolute atomic E-state index is 0.00954. The number of rotatable bonds is 11. The van der Waals surface area contributed by atoms with Gasteiger partial charge in [-0.05, 0) is 131 Å². The number of aryl methyl sites for hydroxylation is 1. The maximum absolute atomic E-state index is 6.75. The highest BCUT2D eigenvalue weighted by molar-refractivity contribution is 6.57. The highest BCUT2D eigenvalue weighted by Crippen LogP contribution is 2.46. The fourth-order valence-corrected chi connectivity index (χ4v) is 8.30. The third kappa shape index (κ3) is 9.73. The summed E-state index contributed by atoms with van der Waals surface area (Å²) in [5.41, 5.74) is 12.1. The number of nitrogens with zero attached hydrogens (tertiary/aromatic N) is 1. The quantitative estimate of drug-likeness (QED) is 0.184. The van der Waals surface area contributed by atoms with Gasteiger partial charge < -0.3 is 14.6 Å². The molecule has 293 valence electrons. The number of allylic oxidation sites excluding steroid dienone is 8. The van der Waals surface area contributed by atoms with Gasteiger partial charge in [0.1, 0.15) is 5.76 Å². The van der Waals surface area contributed by atoms with Crippen molar-refractivity contribution in [2.24, 2.45) is 23.7 Å². The van der Waals surface area contributed by atoms with E-state index < -0.39 is 0 Å². The van der Waals surface area contributed by atoms with Crippen LogP contribution in [-0.2, 0) is 16.2 Å². The SMILES string of the molecule is C=C/C=C(\C=C\N(C(/C=C1\C(=C)C(C)CCC1C)=C\[B]c1cc2c(o1)C(C)(C)CCC2(C)C)c1ccc(C(C)(C)C)cc1C)NC1C=CC(C(C)C)=CC1C. The van der Waals surface area contributed by atoms with E-state index in [1.807, 2.05) is 6.08 Å². The van der Waals surface area contributed by atoms with Gasteiger partial charge in [0, 0.05) is 28.7 Å². The minimum Gasteiger partial charge on any atom is -0.476 e. The van der Waals surface area contributed by atoms with Crippen molar-refractivity contribution in [2.75, 3.05) is 4.90 Å². The normalized spacial score (nSPS) is 24.9. The fraction of sp³-hybridized carbons (Fsp3) is 0.490. The number of benzene rings is 1. The lowest BCUT2D eigenvalue weighted by Gasteiger charge is -2.37. The van der Waals surface area contributed by atoms with E-state index in [4.69, 9.17) is 4.42 Å². The van der Waals surface area contributed by atoms with Crippen LogP contribution in [0.5, 0.6) is 0 Å². The summed E-state index contributed by atoms with van der Waals surface area (Å²) in [6.45, 7) is 38.6. The van der Waals surface area contributed by atoms with E-state index in [1.165, 1.54) is 39.8 Å². The van der Waals surface area contributed by atoms with Gasteiger partial charge in [-0.1, -0.05) is 139 Å². The highest BCUT2D eigenvalue weighted by atomic mass is 16.3.